The van der Waals surface area contributed by atoms with Crippen LogP contribution in [0, 0.1) is 5.92 Å². The lowest BCUT2D eigenvalue weighted by molar-refractivity contribution is 0.556. The largest absolute Gasteiger partial charge is 0.358 e. The van der Waals surface area contributed by atoms with Gasteiger partial charge in [-0.3, -0.25) is 4.98 Å². The van der Waals surface area contributed by atoms with E-state index < -0.39 is 0 Å². The van der Waals surface area contributed by atoms with Crippen LogP contribution in [0.4, 0.5) is 5.82 Å². The van der Waals surface area contributed by atoms with E-state index in [1.54, 1.807) is 0 Å². The van der Waals surface area contributed by atoms with Gasteiger partial charge in [0.15, 0.2) is 0 Å². The fourth-order valence-corrected chi connectivity index (χ4v) is 1.61. The summed E-state index contributed by atoms with van der Waals surface area (Å²) in [6.45, 7) is 9.32. The second-order valence-corrected chi connectivity index (χ2v) is 4.54. The molecule has 1 atom stereocenters. The van der Waals surface area contributed by atoms with Crippen LogP contribution in [0.25, 0.3) is 0 Å². The fraction of sp³-hybridized carbons (Fsp3) is 0.692. The molecular weight excluding hydrogens is 212 g/mol. The van der Waals surface area contributed by atoms with Gasteiger partial charge in [-0.25, -0.2) is 4.98 Å². The second-order valence-electron chi connectivity index (χ2n) is 4.54. The van der Waals surface area contributed by atoms with Crippen molar-refractivity contribution in [2.75, 3.05) is 25.0 Å². The van der Waals surface area contributed by atoms with Gasteiger partial charge in [0.25, 0.3) is 0 Å². The minimum absolute atomic E-state index is 0.680. The molecule has 96 valence electrons. The van der Waals surface area contributed by atoms with E-state index in [9.17, 15) is 0 Å². The molecule has 0 saturated heterocycles. The summed E-state index contributed by atoms with van der Waals surface area (Å²) < 4.78 is 0. The van der Waals surface area contributed by atoms with Crippen LogP contribution in [0.3, 0.4) is 0 Å². The minimum Gasteiger partial charge on any atom is -0.358 e. The Hall–Kier alpha value is -1.16. The van der Waals surface area contributed by atoms with Crippen molar-refractivity contribution in [1.29, 1.82) is 0 Å². The molecule has 1 unspecified atom stereocenters. The first-order chi connectivity index (χ1) is 8.17. The van der Waals surface area contributed by atoms with Gasteiger partial charge in [-0.05, 0) is 12.5 Å². The zero-order valence-electron chi connectivity index (χ0n) is 11.4. The quantitative estimate of drug-likeness (QED) is 0.787. The molecule has 1 heterocycles. The van der Waals surface area contributed by atoms with E-state index in [0.29, 0.717) is 5.92 Å². The number of nitrogens with one attached hydrogen (secondary N) is 1. The summed E-state index contributed by atoms with van der Waals surface area (Å²) in [7, 11) is 2.08. The number of hydrogen-bond donors (Lipinski definition) is 1. The number of aromatic nitrogens is 2. The molecule has 0 aliphatic heterocycles. The first kappa shape index (κ1) is 13.9. The Bertz CT molecular complexity index is 327. The lowest BCUT2D eigenvalue weighted by Gasteiger charge is -2.21. The molecule has 0 fully saturated rings. The maximum Gasteiger partial charge on any atom is 0.147 e. The van der Waals surface area contributed by atoms with Gasteiger partial charge in [0.2, 0.25) is 0 Å². The van der Waals surface area contributed by atoms with Crippen LogP contribution in [-0.4, -0.2) is 30.1 Å². The third kappa shape index (κ3) is 4.69. The summed E-state index contributed by atoms with van der Waals surface area (Å²) in [5.74, 6) is 1.64. The molecule has 0 aliphatic carbocycles. The summed E-state index contributed by atoms with van der Waals surface area (Å²) in [5, 5.41) is 3.26. The molecule has 1 N–H and O–H groups in total. The van der Waals surface area contributed by atoms with Crippen molar-refractivity contribution >= 4 is 5.82 Å². The number of nitrogens with zero attached hydrogens (tertiary/aromatic N) is 3. The highest BCUT2D eigenvalue weighted by atomic mass is 15.2. The van der Waals surface area contributed by atoms with Gasteiger partial charge in [0.05, 0.1) is 11.9 Å². The van der Waals surface area contributed by atoms with Gasteiger partial charge < -0.3 is 10.2 Å². The van der Waals surface area contributed by atoms with E-state index in [0.717, 1.165) is 31.1 Å². The monoisotopic (exact) mass is 236 g/mol. The van der Waals surface area contributed by atoms with Gasteiger partial charge in [-0.1, -0.05) is 27.2 Å². The molecule has 0 saturated carbocycles. The molecule has 1 aromatic heterocycles. The van der Waals surface area contributed by atoms with E-state index >= 15 is 0 Å². The van der Waals surface area contributed by atoms with E-state index in [-0.39, 0.29) is 0 Å². The first-order valence-electron chi connectivity index (χ1n) is 6.40. The predicted molar refractivity (Wildman–Crippen MR) is 72.1 cm³/mol. The molecule has 0 aliphatic rings. The fourth-order valence-electron chi connectivity index (χ4n) is 1.61. The van der Waals surface area contributed by atoms with Gasteiger partial charge in [0.1, 0.15) is 5.82 Å². The van der Waals surface area contributed by atoms with Gasteiger partial charge in [-0.15, -0.1) is 0 Å². The average Bonchev–Trinajstić information content (AvgIpc) is 2.36. The van der Waals surface area contributed by atoms with E-state index in [1.807, 2.05) is 12.4 Å². The summed E-state index contributed by atoms with van der Waals surface area (Å²) in [6.07, 6.45) is 4.84. The SMILES string of the molecule is CCNCc1cncc(N(C)CC(C)CC)n1. The van der Waals surface area contributed by atoms with Crippen molar-refractivity contribution in [1.82, 2.24) is 15.3 Å². The summed E-state index contributed by atoms with van der Waals surface area (Å²) in [4.78, 5) is 11.0. The summed E-state index contributed by atoms with van der Waals surface area (Å²) in [5.41, 5.74) is 1.00. The Kier molecular flexibility index (Phi) is 5.91. The van der Waals surface area contributed by atoms with Crippen LogP contribution in [0.15, 0.2) is 12.4 Å². The standard InChI is InChI=1S/C13H24N4/c1-5-11(3)10-17(4)13-9-15-8-12(16-13)7-14-6-2/h8-9,11,14H,5-7,10H2,1-4H3. The molecule has 0 spiro atoms. The van der Waals surface area contributed by atoms with Crippen LogP contribution in [0.2, 0.25) is 0 Å². The van der Waals surface area contributed by atoms with Crippen LogP contribution < -0.4 is 10.2 Å². The van der Waals surface area contributed by atoms with Gasteiger partial charge >= 0.3 is 0 Å². The van der Waals surface area contributed by atoms with Crippen molar-refractivity contribution in [2.24, 2.45) is 5.92 Å². The predicted octanol–water partition coefficient (Wildman–Crippen LogP) is 2.07. The van der Waals surface area contributed by atoms with Crippen molar-refractivity contribution in [3.8, 4) is 0 Å². The Labute approximate surface area is 104 Å². The smallest absolute Gasteiger partial charge is 0.147 e. The molecule has 0 aromatic carbocycles. The third-order valence-corrected chi connectivity index (χ3v) is 2.90. The average molecular weight is 236 g/mol. The minimum atomic E-state index is 0.680. The maximum atomic E-state index is 4.60. The summed E-state index contributed by atoms with van der Waals surface area (Å²) >= 11 is 0. The molecule has 0 amide bonds. The zero-order valence-corrected chi connectivity index (χ0v) is 11.4. The van der Waals surface area contributed by atoms with E-state index in [1.165, 1.54) is 6.42 Å². The Morgan fingerprint density at radius 2 is 2.12 bits per heavy atom. The molecule has 17 heavy (non-hydrogen) atoms. The molecule has 4 nitrogen and oxygen atoms in total. The Morgan fingerprint density at radius 3 is 2.76 bits per heavy atom. The number of hydrogen-bond acceptors (Lipinski definition) is 4. The highest BCUT2D eigenvalue weighted by Gasteiger charge is 2.07. The van der Waals surface area contributed by atoms with Crippen LogP contribution in [-0.2, 0) is 6.54 Å². The van der Waals surface area contributed by atoms with Crippen LogP contribution in [0.1, 0.15) is 32.9 Å². The Balaban J connectivity index is 2.63. The molecule has 0 bridgehead atoms. The lowest BCUT2D eigenvalue weighted by Crippen LogP contribution is -2.25. The van der Waals surface area contributed by atoms with Crippen molar-refractivity contribution in [2.45, 2.75) is 33.7 Å². The van der Waals surface area contributed by atoms with E-state index in [4.69, 9.17) is 0 Å². The molecule has 1 rings (SSSR count). The Morgan fingerprint density at radius 1 is 1.35 bits per heavy atom. The van der Waals surface area contributed by atoms with Crippen LogP contribution >= 0.6 is 0 Å². The molecular formula is C13H24N4. The maximum absolute atomic E-state index is 4.60. The number of rotatable bonds is 7. The van der Waals surface area contributed by atoms with Crippen LogP contribution in [0.5, 0.6) is 0 Å². The molecule has 0 radical (unpaired) electrons. The number of anilines is 1. The van der Waals surface area contributed by atoms with Crippen molar-refractivity contribution < 1.29 is 0 Å². The highest BCUT2D eigenvalue weighted by Crippen LogP contribution is 2.11. The van der Waals surface area contributed by atoms with Gasteiger partial charge in [0, 0.05) is 26.3 Å². The topological polar surface area (TPSA) is 41.1 Å². The summed E-state index contributed by atoms with van der Waals surface area (Å²) in [6, 6.07) is 0. The first-order valence-corrected chi connectivity index (χ1v) is 6.40. The normalized spacial score (nSPS) is 12.5. The molecule has 1 aromatic rings. The lowest BCUT2D eigenvalue weighted by atomic mass is 10.1. The highest BCUT2D eigenvalue weighted by molar-refractivity contribution is 5.35. The van der Waals surface area contributed by atoms with Crippen molar-refractivity contribution in [3.05, 3.63) is 18.1 Å². The third-order valence-electron chi connectivity index (χ3n) is 2.90. The zero-order chi connectivity index (χ0) is 12.7. The second kappa shape index (κ2) is 7.22. The van der Waals surface area contributed by atoms with Gasteiger partial charge in [-0.2, -0.15) is 0 Å². The molecule has 4 heteroatoms. The van der Waals surface area contributed by atoms with Crippen molar-refractivity contribution in [3.63, 3.8) is 0 Å². The van der Waals surface area contributed by atoms with E-state index in [2.05, 4.69) is 48.0 Å².